The second-order valence-corrected chi connectivity index (χ2v) is 7.07. The van der Waals surface area contributed by atoms with Gasteiger partial charge in [-0.05, 0) is 33.3 Å². The van der Waals surface area contributed by atoms with Crippen LogP contribution in [0.15, 0.2) is 46.3 Å². The molecule has 1 heterocycles. The molecule has 0 spiro atoms. The average Bonchev–Trinajstić information content (AvgIpc) is 2.96. The van der Waals surface area contributed by atoms with Crippen LogP contribution in [0.4, 0.5) is 0 Å². The van der Waals surface area contributed by atoms with E-state index in [0.29, 0.717) is 16.7 Å². The number of hydrogen-bond donors (Lipinski definition) is 1. The lowest BCUT2D eigenvalue weighted by Crippen LogP contribution is -2.36. The van der Waals surface area contributed by atoms with Gasteiger partial charge in [-0.25, -0.2) is 9.59 Å². The summed E-state index contributed by atoms with van der Waals surface area (Å²) in [5, 5.41) is 10.1. The van der Waals surface area contributed by atoms with Crippen LogP contribution in [0.1, 0.15) is 34.1 Å². The van der Waals surface area contributed by atoms with Gasteiger partial charge in [0.25, 0.3) is 0 Å². The van der Waals surface area contributed by atoms with Crippen molar-refractivity contribution >= 4 is 17.7 Å². The summed E-state index contributed by atoms with van der Waals surface area (Å²) in [5.41, 5.74) is 2.30. The van der Waals surface area contributed by atoms with Crippen molar-refractivity contribution in [2.75, 3.05) is 0 Å². The molecule has 3 rings (SSSR count). The summed E-state index contributed by atoms with van der Waals surface area (Å²) in [6.07, 6.45) is 0.537. The Morgan fingerprint density at radius 1 is 1.35 bits per heavy atom. The molecule has 0 aromatic carbocycles. The van der Waals surface area contributed by atoms with Crippen molar-refractivity contribution in [1.82, 2.24) is 0 Å². The van der Waals surface area contributed by atoms with Gasteiger partial charge in [0.05, 0.1) is 11.8 Å². The summed E-state index contributed by atoms with van der Waals surface area (Å²) in [6.45, 7) is 10.6. The molecule has 138 valence electrons. The van der Waals surface area contributed by atoms with Crippen molar-refractivity contribution in [3.05, 3.63) is 46.3 Å². The smallest absolute Gasteiger partial charge is 0.334 e. The van der Waals surface area contributed by atoms with Crippen LogP contribution in [-0.2, 0) is 23.9 Å². The molecule has 6 nitrogen and oxygen atoms in total. The highest BCUT2D eigenvalue weighted by molar-refractivity contribution is 6.11. The van der Waals surface area contributed by atoms with Gasteiger partial charge in [-0.2, -0.15) is 0 Å². The zero-order valence-corrected chi connectivity index (χ0v) is 15.3. The van der Waals surface area contributed by atoms with E-state index < -0.39 is 41.8 Å². The summed E-state index contributed by atoms with van der Waals surface area (Å²) in [5.74, 6) is -2.89. The molecule has 1 N–H and O–H groups in total. The highest BCUT2D eigenvalue weighted by Crippen LogP contribution is 2.49. The largest absolute Gasteiger partial charge is 0.504 e. The average molecular weight is 358 g/mol. The van der Waals surface area contributed by atoms with Crippen LogP contribution in [0.3, 0.4) is 0 Å². The van der Waals surface area contributed by atoms with Gasteiger partial charge in [-0.1, -0.05) is 18.2 Å². The molecule has 0 unspecified atom stereocenters. The molecule has 1 aliphatic heterocycles. The van der Waals surface area contributed by atoms with Crippen LogP contribution >= 0.6 is 0 Å². The summed E-state index contributed by atoms with van der Waals surface area (Å²) in [6, 6.07) is 0. The van der Waals surface area contributed by atoms with E-state index in [1.54, 1.807) is 33.8 Å². The number of fused-ring (bicyclic) bond motifs is 3. The minimum atomic E-state index is -0.722. The lowest BCUT2D eigenvalue weighted by atomic mass is 9.82. The first-order valence-corrected chi connectivity index (χ1v) is 8.56. The Balaban J connectivity index is 2.07. The Hall–Kier alpha value is -2.63. The van der Waals surface area contributed by atoms with Crippen molar-refractivity contribution in [3.8, 4) is 0 Å². The van der Waals surface area contributed by atoms with Crippen LogP contribution in [0.2, 0.25) is 0 Å². The van der Waals surface area contributed by atoms with Gasteiger partial charge < -0.3 is 14.6 Å². The summed E-state index contributed by atoms with van der Waals surface area (Å²) in [4.78, 5) is 37.0. The minimum Gasteiger partial charge on any atom is -0.504 e. The number of carbonyl (C=O) groups excluding carboxylic acids is 3. The lowest BCUT2D eigenvalue weighted by molar-refractivity contribution is -0.148. The summed E-state index contributed by atoms with van der Waals surface area (Å²) in [7, 11) is 0. The van der Waals surface area contributed by atoms with Gasteiger partial charge in [0.2, 0.25) is 5.78 Å². The van der Waals surface area contributed by atoms with Crippen molar-refractivity contribution in [2.45, 2.75) is 46.3 Å². The SMILES string of the molecule is C=C1C(=O)O[C@@H]2[C@H]3C(C)=C(O)C(=O)C3=C(C)C[C@@H](OC(=O)/C(C)=C/C)[C@@H]12. The molecule has 3 aliphatic rings. The van der Waals surface area contributed by atoms with Gasteiger partial charge in [0.1, 0.15) is 12.2 Å². The number of aliphatic hydroxyl groups excluding tert-OH is 1. The molecule has 0 saturated carbocycles. The van der Waals surface area contributed by atoms with Crippen molar-refractivity contribution in [1.29, 1.82) is 0 Å². The molecule has 26 heavy (non-hydrogen) atoms. The monoisotopic (exact) mass is 358 g/mol. The topological polar surface area (TPSA) is 89.9 Å². The normalized spacial score (nSPS) is 31.7. The lowest BCUT2D eigenvalue weighted by Gasteiger charge is -2.27. The Kier molecular flexibility index (Phi) is 4.38. The number of ketones is 1. The standard InChI is InChI=1S/C20H22O6/c1-6-8(2)19(23)25-12-7-9(3)13-15(10(4)16(21)17(13)22)18-14(12)11(5)20(24)26-18/h6,12,14-15,18,21H,5,7H2,1-4H3/b8-6+/t12-,14-,15+,18+/m1/s1. The zero-order chi connectivity index (χ0) is 19.3. The highest BCUT2D eigenvalue weighted by Gasteiger charge is 2.55. The van der Waals surface area contributed by atoms with Crippen molar-refractivity contribution in [3.63, 3.8) is 0 Å². The number of Topliss-reactive ketones (excluding diaryl/α,β-unsaturated/α-hetero) is 1. The molecule has 0 radical (unpaired) electrons. The van der Waals surface area contributed by atoms with E-state index >= 15 is 0 Å². The van der Waals surface area contributed by atoms with E-state index in [1.165, 1.54) is 0 Å². The number of esters is 2. The molecule has 1 fully saturated rings. The third kappa shape index (κ3) is 2.52. The van der Waals surface area contributed by atoms with Crippen LogP contribution in [0.25, 0.3) is 0 Å². The third-order valence-electron chi connectivity index (χ3n) is 5.58. The quantitative estimate of drug-likeness (QED) is 0.603. The molecule has 6 heteroatoms. The van der Waals surface area contributed by atoms with E-state index in [0.717, 1.165) is 5.57 Å². The maximum atomic E-state index is 12.5. The second kappa shape index (κ2) is 6.27. The Morgan fingerprint density at radius 2 is 2.00 bits per heavy atom. The first-order valence-electron chi connectivity index (χ1n) is 8.56. The molecule has 1 saturated heterocycles. The van der Waals surface area contributed by atoms with Crippen LogP contribution < -0.4 is 0 Å². The van der Waals surface area contributed by atoms with Crippen LogP contribution in [-0.4, -0.2) is 35.0 Å². The fourth-order valence-electron chi connectivity index (χ4n) is 4.00. The molecular formula is C20H22O6. The van der Waals surface area contributed by atoms with Gasteiger partial charge >= 0.3 is 11.9 Å². The third-order valence-corrected chi connectivity index (χ3v) is 5.58. The predicted molar refractivity (Wildman–Crippen MR) is 93.0 cm³/mol. The molecule has 0 amide bonds. The fourth-order valence-corrected chi connectivity index (χ4v) is 4.00. The summed E-state index contributed by atoms with van der Waals surface area (Å²) < 4.78 is 11.2. The van der Waals surface area contributed by atoms with Crippen molar-refractivity contribution in [2.24, 2.45) is 11.8 Å². The number of allylic oxidation sites excluding steroid dienone is 2. The second-order valence-electron chi connectivity index (χ2n) is 7.07. The first-order chi connectivity index (χ1) is 12.2. The number of hydrogen-bond acceptors (Lipinski definition) is 6. The summed E-state index contributed by atoms with van der Waals surface area (Å²) >= 11 is 0. The van der Waals surface area contributed by atoms with E-state index in [-0.39, 0.29) is 17.8 Å². The van der Waals surface area contributed by atoms with Gasteiger partial charge in [-0.3, -0.25) is 4.79 Å². The predicted octanol–water partition coefficient (Wildman–Crippen LogP) is 2.71. The van der Waals surface area contributed by atoms with Crippen molar-refractivity contribution < 1.29 is 29.0 Å². The number of ether oxygens (including phenoxy) is 2. The molecule has 0 aromatic rings. The Labute approximate surface area is 151 Å². The molecule has 0 aromatic heterocycles. The van der Waals surface area contributed by atoms with E-state index in [9.17, 15) is 19.5 Å². The molecule has 4 atom stereocenters. The minimum absolute atomic E-state index is 0.228. The van der Waals surface area contributed by atoms with Gasteiger partial charge in [0.15, 0.2) is 5.76 Å². The Morgan fingerprint density at radius 3 is 2.62 bits per heavy atom. The number of aliphatic hydroxyl groups is 1. The van der Waals surface area contributed by atoms with E-state index in [2.05, 4.69) is 6.58 Å². The number of rotatable bonds is 2. The van der Waals surface area contributed by atoms with Gasteiger partial charge in [-0.15, -0.1) is 0 Å². The van der Waals surface area contributed by atoms with E-state index in [1.807, 2.05) is 0 Å². The fraction of sp³-hybridized carbons (Fsp3) is 0.450. The first kappa shape index (κ1) is 18.2. The maximum Gasteiger partial charge on any atom is 0.334 e. The maximum absolute atomic E-state index is 12.5. The highest BCUT2D eigenvalue weighted by atomic mass is 16.6. The number of carbonyl (C=O) groups is 3. The Bertz CT molecular complexity index is 825. The van der Waals surface area contributed by atoms with E-state index in [4.69, 9.17) is 9.47 Å². The molecule has 2 aliphatic carbocycles. The zero-order valence-electron chi connectivity index (χ0n) is 15.3. The van der Waals surface area contributed by atoms with Gasteiger partial charge in [0, 0.05) is 23.1 Å². The van der Waals surface area contributed by atoms with Crippen LogP contribution in [0.5, 0.6) is 0 Å². The molecule has 0 bridgehead atoms. The van der Waals surface area contributed by atoms with Crippen LogP contribution in [0, 0.1) is 11.8 Å². The molecular weight excluding hydrogens is 336 g/mol.